The van der Waals surface area contributed by atoms with E-state index in [-0.39, 0.29) is 11.3 Å². The van der Waals surface area contributed by atoms with Gasteiger partial charge in [-0.15, -0.1) is 11.3 Å². The van der Waals surface area contributed by atoms with Gasteiger partial charge < -0.3 is 10.2 Å². The van der Waals surface area contributed by atoms with Crippen LogP contribution in [0, 0.1) is 0 Å². The lowest BCUT2D eigenvalue weighted by Crippen LogP contribution is -2.50. The van der Waals surface area contributed by atoms with Crippen LogP contribution in [0.15, 0.2) is 41.9 Å². The second-order valence-corrected chi connectivity index (χ2v) is 7.87. The monoisotopic (exact) mass is 356 g/mol. The Morgan fingerprint density at radius 1 is 1.16 bits per heavy atom. The van der Waals surface area contributed by atoms with E-state index in [2.05, 4.69) is 44.4 Å². The summed E-state index contributed by atoms with van der Waals surface area (Å²) in [5.41, 5.74) is 1.54. The van der Waals surface area contributed by atoms with Gasteiger partial charge in [0.05, 0.1) is 6.54 Å². The normalized spacial score (nSPS) is 19.6. The van der Waals surface area contributed by atoms with E-state index in [9.17, 15) is 4.79 Å². The van der Waals surface area contributed by atoms with Crippen LogP contribution >= 0.6 is 11.3 Å². The van der Waals surface area contributed by atoms with E-state index in [0.29, 0.717) is 6.54 Å². The zero-order valence-corrected chi connectivity index (χ0v) is 15.2. The Bertz CT molecular complexity index is 691. The number of hydrogen-bond donors (Lipinski definition) is 1. The smallest absolute Gasteiger partial charge is 0.234 e. The maximum atomic E-state index is 12.4. The summed E-state index contributed by atoms with van der Waals surface area (Å²) >= 11 is 1.68. The fourth-order valence-corrected chi connectivity index (χ4v) is 4.20. The third-order valence-corrected chi connectivity index (χ3v) is 6.13. The number of nitrogens with one attached hydrogen (secondary N) is 1. The Balaban J connectivity index is 1.22. The number of anilines is 1. The lowest BCUT2D eigenvalue weighted by molar-refractivity contribution is -0.122. The first-order valence-electron chi connectivity index (χ1n) is 8.94. The van der Waals surface area contributed by atoms with Gasteiger partial charge in [0, 0.05) is 49.7 Å². The minimum Gasteiger partial charge on any atom is -0.354 e. The molecule has 4 rings (SSSR count). The van der Waals surface area contributed by atoms with Crippen LogP contribution in [0.2, 0.25) is 0 Å². The average Bonchev–Trinajstić information content (AvgIpc) is 3.25. The number of piperazine rings is 1. The van der Waals surface area contributed by atoms with E-state index >= 15 is 0 Å². The molecule has 0 spiro atoms. The number of nitrogens with zero attached hydrogens (tertiary/aromatic N) is 3. The summed E-state index contributed by atoms with van der Waals surface area (Å²) in [5.74, 6) is 0.143. The van der Waals surface area contributed by atoms with Gasteiger partial charge in [0.25, 0.3) is 0 Å². The van der Waals surface area contributed by atoms with E-state index in [1.807, 2.05) is 17.6 Å². The highest BCUT2D eigenvalue weighted by molar-refractivity contribution is 7.13. The first-order chi connectivity index (χ1) is 12.3. The Hall–Kier alpha value is -1.92. The molecule has 25 heavy (non-hydrogen) atoms. The average molecular weight is 356 g/mol. The summed E-state index contributed by atoms with van der Waals surface area (Å²) in [6, 6.07) is 10.6. The maximum Gasteiger partial charge on any atom is 0.234 e. The lowest BCUT2D eigenvalue weighted by atomic mass is 9.96. The van der Waals surface area contributed by atoms with Gasteiger partial charge >= 0.3 is 0 Å². The summed E-state index contributed by atoms with van der Waals surface area (Å²) in [6.45, 7) is 4.96. The molecule has 132 valence electrons. The van der Waals surface area contributed by atoms with Gasteiger partial charge in [-0.1, -0.05) is 30.3 Å². The Morgan fingerprint density at radius 2 is 1.92 bits per heavy atom. The van der Waals surface area contributed by atoms with Crippen molar-refractivity contribution in [2.75, 3.05) is 44.2 Å². The molecule has 1 aliphatic carbocycles. The van der Waals surface area contributed by atoms with Crippen molar-refractivity contribution in [3.05, 3.63) is 47.5 Å². The fourth-order valence-electron chi connectivity index (χ4n) is 3.51. The van der Waals surface area contributed by atoms with Crippen molar-refractivity contribution in [2.24, 2.45) is 0 Å². The highest BCUT2D eigenvalue weighted by Crippen LogP contribution is 2.47. The SMILES string of the molecule is O=C(CN1CCN(c2nccs2)CC1)NCC1(c2ccccc2)CC1. The molecule has 0 radical (unpaired) electrons. The van der Waals surface area contributed by atoms with Crippen LogP contribution in [0.1, 0.15) is 18.4 Å². The molecule has 1 saturated heterocycles. The van der Waals surface area contributed by atoms with Crippen LogP contribution in [0.5, 0.6) is 0 Å². The molecule has 1 aromatic heterocycles. The van der Waals surface area contributed by atoms with Crippen molar-refractivity contribution in [1.82, 2.24) is 15.2 Å². The lowest BCUT2D eigenvalue weighted by Gasteiger charge is -2.34. The van der Waals surface area contributed by atoms with Crippen molar-refractivity contribution >= 4 is 22.4 Å². The molecular weight excluding hydrogens is 332 g/mol. The predicted octanol–water partition coefficient (Wildman–Crippen LogP) is 2.11. The van der Waals surface area contributed by atoms with Gasteiger partial charge in [-0.25, -0.2) is 4.98 Å². The zero-order chi connectivity index (χ0) is 17.1. The number of carbonyl (C=O) groups excluding carboxylic acids is 1. The van der Waals surface area contributed by atoms with Crippen LogP contribution in [-0.4, -0.2) is 55.1 Å². The molecule has 2 fully saturated rings. The van der Waals surface area contributed by atoms with E-state index in [1.165, 1.54) is 18.4 Å². The topological polar surface area (TPSA) is 48.5 Å². The van der Waals surface area contributed by atoms with E-state index in [0.717, 1.165) is 37.9 Å². The summed E-state index contributed by atoms with van der Waals surface area (Å²) in [5, 5.41) is 6.26. The van der Waals surface area contributed by atoms with Crippen LogP contribution in [0.25, 0.3) is 0 Å². The molecule has 1 aliphatic heterocycles. The Morgan fingerprint density at radius 3 is 2.56 bits per heavy atom. The zero-order valence-electron chi connectivity index (χ0n) is 14.4. The molecule has 0 bridgehead atoms. The molecule has 1 aromatic carbocycles. The largest absolute Gasteiger partial charge is 0.354 e. The molecular formula is C19H24N4OS. The van der Waals surface area contributed by atoms with Crippen molar-refractivity contribution in [1.29, 1.82) is 0 Å². The molecule has 2 aliphatic rings. The first-order valence-corrected chi connectivity index (χ1v) is 9.82. The summed E-state index contributed by atoms with van der Waals surface area (Å²) < 4.78 is 0. The number of thiazole rings is 1. The van der Waals surface area contributed by atoms with Crippen LogP contribution in [0.3, 0.4) is 0 Å². The number of rotatable bonds is 6. The molecule has 5 nitrogen and oxygen atoms in total. The number of aromatic nitrogens is 1. The van der Waals surface area contributed by atoms with Crippen molar-refractivity contribution in [3.63, 3.8) is 0 Å². The van der Waals surface area contributed by atoms with Gasteiger partial charge in [-0.3, -0.25) is 9.69 Å². The van der Waals surface area contributed by atoms with Crippen molar-refractivity contribution in [3.8, 4) is 0 Å². The number of amides is 1. The first kappa shape index (κ1) is 16.5. The fraction of sp³-hybridized carbons (Fsp3) is 0.474. The minimum atomic E-state index is 0.143. The number of carbonyl (C=O) groups is 1. The van der Waals surface area contributed by atoms with Gasteiger partial charge in [-0.05, 0) is 18.4 Å². The van der Waals surface area contributed by atoms with Crippen molar-refractivity contribution < 1.29 is 4.79 Å². The number of hydrogen-bond acceptors (Lipinski definition) is 5. The molecule has 0 unspecified atom stereocenters. The van der Waals surface area contributed by atoms with E-state index in [1.54, 1.807) is 11.3 Å². The van der Waals surface area contributed by atoms with Gasteiger partial charge in [0.2, 0.25) is 5.91 Å². The molecule has 0 atom stereocenters. The maximum absolute atomic E-state index is 12.4. The third kappa shape index (κ3) is 3.85. The molecule has 2 heterocycles. The number of benzene rings is 1. The van der Waals surface area contributed by atoms with Crippen molar-refractivity contribution in [2.45, 2.75) is 18.3 Å². The Labute approximate surface area is 152 Å². The summed E-state index contributed by atoms with van der Waals surface area (Å²) in [4.78, 5) is 21.3. The highest BCUT2D eigenvalue weighted by Gasteiger charge is 2.44. The quantitative estimate of drug-likeness (QED) is 0.861. The molecule has 2 aromatic rings. The standard InChI is InChI=1S/C19H24N4OS/c24-17(21-15-19(6-7-19)16-4-2-1-3-5-16)14-22-9-11-23(12-10-22)18-20-8-13-25-18/h1-5,8,13H,6-7,9-12,14-15H2,(H,21,24). The van der Waals surface area contributed by atoms with Gasteiger partial charge in [-0.2, -0.15) is 0 Å². The van der Waals surface area contributed by atoms with Crippen LogP contribution in [0.4, 0.5) is 5.13 Å². The predicted molar refractivity (Wildman–Crippen MR) is 101 cm³/mol. The van der Waals surface area contributed by atoms with E-state index < -0.39 is 0 Å². The third-order valence-electron chi connectivity index (χ3n) is 5.29. The molecule has 1 N–H and O–H groups in total. The Kier molecular flexibility index (Phi) is 4.72. The van der Waals surface area contributed by atoms with Gasteiger partial charge in [0.1, 0.15) is 0 Å². The highest BCUT2D eigenvalue weighted by atomic mass is 32.1. The van der Waals surface area contributed by atoms with E-state index in [4.69, 9.17) is 0 Å². The molecule has 1 amide bonds. The van der Waals surface area contributed by atoms with Crippen LogP contribution < -0.4 is 10.2 Å². The minimum absolute atomic E-state index is 0.143. The van der Waals surface area contributed by atoms with Gasteiger partial charge in [0.15, 0.2) is 5.13 Å². The molecule has 1 saturated carbocycles. The summed E-state index contributed by atoms with van der Waals surface area (Å²) in [6.07, 6.45) is 4.19. The summed E-state index contributed by atoms with van der Waals surface area (Å²) in [7, 11) is 0. The van der Waals surface area contributed by atoms with Crippen LogP contribution in [-0.2, 0) is 10.2 Å². The second kappa shape index (κ2) is 7.14. The molecule has 6 heteroatoms. The second-order valence-electron chi connectivity index (χ2n) is 7.00.